The van der Waals surface area contributed by atoms with Crippen LogP contribution in [0.25, 0.3) is 0 Å². The fourth-order valence-corrected chi connectivity index (χ4v) is 2.06. The van der Waals surface area contributed by atoms with E-state index in [4.69, 9.17) is 9.84 Å². The second-order valence-corrected chi connectivity index (χ2v) is 5.44. The van der Waals surface area contributed by atoms with Gasteiger partial charge < -0.3 is 15.2 Å². The molecular formula is C13H25NO3. The number of ether oxygens (including phenoxy) is 1. The molecule has 100 valence electrons. The van der Waals surface area contributed by atoms with Gasteiger partial charge in [-0.3, -0.25) is 0 Å². The first kappa shape index (κ1) is 14.5. The highest BCUT2D eigenvalue weighted by Crippen LogP contribution is 2.19. The maximum absolute atomic E-state index is 10.7. The Balaban J connectivity index is 2.12. The molecule has 0 aliphatic carbocycles. The number of carbonyl (C=O) groups is 1. The summed E-state index contributed by atoms with van der Waals surface area (Å²) in [5.74, 6) is -0.0984. The lowest BCUT2D eigenvalue weighted by Gasteiger charge is -2.18. The van der Waals surface area contributed by atoms with E-state index >= 15 is 0 Å². The smallest absolute Gasteiger partial charge is 0.332 e. The van der Waals surface area contributed by atoms with Crippen molar-refractivity contribution in [3.05, 3.63) is 0 Å². The van der Waals surface area contributed by atoms with Crippen molar-refractivity contribution < 1.29 is 14.6 Å². The molecule has 4 heteroatoms. The zero-order valence-electron chi connectivity index (χ0n) is 11.1. The minimum Gasteiger partial charge on any atom is -0.479 e. The second-order valence-electron chi connectivity index (χ2n) is 5.44. The summed E-state index contributed by atoms with van der Waals surface area (Å²) in [4.78, 5) is 10.7. The highest BCUT2D eigenvalue weighted by molar-refractivity contribution is 5.72. The molecule has 0 spiro atoms. The Kier molecular flexibility index (Phi) is 5.92. The van der Waals surface area contributed by atoms with Crippen LogP contribution in [0.4, 0.5) is 0 Å². The zero-order valence-corrected chi connectivity index (χ0v) is 11.1. The zero-order chi connectivity index (χ0) is 12.8. The van der Waals surface area contributed by atoms with Crippen LogP contribution in [0.5, 0.6) is 0 Å². The van der Waals surface area contributed by atoms with Crippen molar-refractivity contribution in [2.24, 2.45) is 5.92 Å². The molecule has 0 radical (unpaired) electrons. The second kappa shape index (κ2) is 6.97. The quantitative estimate of drug-likeness (QED) is 0.718. The van der Waals surface area contributed by atoms with Gasteiger partial charge in [0.25, 0.3) is 0 Å². The third kappa shape index (κ3) is 5.50. The summed E-state index contributed by atoms with van der Waals surface area (Å²) < 4.78 is 5.44. The first-order chi connectivity index (χ1) is 7.99. The van der Waals surface area contributed by atoms with Crippen LogP contribution in [0.3, 0.4) is 0 Å². The van der Waals surface area contributed by atoms with Gasteiger partial charge in [-0.1, -0.05) is 13.8 Å². The van der Waals surface area contributed by atoms with E-state index in [1.807, 2.05) is 0 Å². The summed E-state index contributed by atoms with van der Waals surface area (Å²) in [6, 6.07) is 0.477. The van der Waals surface area contributed by atoms with Gasteiger partial charge >= 0.3 is 5.97 Å². The molecule has 17 heavy (non-hydrogen) atoms. The molecule has 0 aromatic carbocycles. The van der Waals surface area contributed by atoms with Crippen LogP contribution in [0, 0.1) is 5.92 Å². The Morgan fingerprint density at radius 3 is 2.59 bits per heavy atom. The molecule has 3 atom stereocenters. The number of rotatable bonds is 7. The van der Waals surface area contributed by atoms with Gasteiger partial charge in [-0.2, -0.15) is 0 Å². The number of aliphatic carboxylic acids is 1. The molecule has 4 nitrogen and oxygen atoms in total. The summed E-state index contributed by atoms with van der Waals surface area (Å²) >= 11 is 0. The SMILES string of the molecule is CC(C)CCC(C)NCC1CCC(C(=O)O)O1. The Labute approximate surface area is 104 Å². The van der Waals surface area contributed by atoms with E-state index in [1.54, 1.807) is 0 Å². The van der Waals surface area contributed by atoms with Crippen LogP contribution in [-0.2, 0) is 9.53 Å². The van der Waals surface area contributed by atoms with Crippen LogP contribution >= 0.6 is 0 Å². The van der Waals surface area contributed by atoms with E-state index in [0.717, 1.165) is 25.3 Å². The van der Waals surface area contributed by atoms with Crippen LogP contribution in [-0.4, -0.2) is 35.9 Å². The molecule has 1 rings (SSSR count). The molecule has 0 bridgehead atoms. The van der Waals surface area contributed by atoms with E-state index < -0.39 is 12.1 Å². The van der Waals surface area contributed by atoms with Crippen molar-refractivity contribution >= 4 is 5.97 Å². The van der Waals surface area contributed by atoms with Crippen molar-refractivity contribution in [2.45, 2.75) is 64.7 Å². The fraction of sp³-hybridized carbons (Fsp3) is 0.923. The normalized spacial score (nSPS) is 26.4. The maximum Gasteiger partial charge on any atom is 0.332 e. The number of nitrogens with one attached hydrogen (secondary N) is 1. The lowest BCUT2D eigenvalue weighted by Crippen LogP contribution is -2.34. The molecule has 0 aromatic rings. The molecule has 0 saturated carbocycles. The molecular weight excluding hydrogens is 218 g/mol. The third-order valence-electron chi connectivity index (χ3n) is 3.25. The van der Waals surface area contributed by atoms with E-state index in [-0.39, 0.29) is 6.10 Å². The number of carboxylic acids is 1. The van der Waals surface area contributed by atoms with Crippen LogP contribution < -0.4 is 5.32 Å². The molecule has 1 aliphatic heterocycles. The van der Waals surface area contributed by atoms with Gasteiger partial charge in [0.15, 0.2) is 6.10 Å². The van der Waals surface area contributed by atoms with Gasteiger partial charge in [-0.25, -0.2) is 4.79 Å². The highest BCUT2D eigenvalue weighted by Gasteiger charge is 2.30. The van der Waals surface area contributed by atoms with Gasteiger partial charge in [-0.05, 0) is 38.5 Å². The van der Waals surface area contributed by atoms with Crippen LogP contribution in [0.15, 0.2) is 0 Å². The van der Waals surface area contributed by atoms with Gasteiger partial charge in [-0.15, -0.1) is 0 Å². The monoisotopic (exact) mass is 243 g/mol. The highest BCUT2D eigenvalue weighted by atomic mass is 16.5. The molecule has 1 fully saturated rings. The van der Waals surface area contributed by atoms with E-state index in [9.17, 15) is 4.79 Å². The minimum absolute atomic E-state index is 0.0672. The summed E-state index contributed by atoms with van der Waals surface area (Å²) in [6.45, 7) is 7.39. The molecule has 0 amide bonds. The molecule has 1 aliphatic rings. The van der Waals surface area contributed by atoms with Crippen LogP contribution in [0.2, 0.25) is 0 Å². The molecule has 2 N–H and O–H groups in total. The third-order valence-corrected chi connectivity index (χ3v) is 3.25. The summed E-state index contributed by atoms with van der Waals surface area (Å²) in [6.07, 6.45) is 3.35. The van der Waals surface area contributed by atoms with Gasteiger partial charge in [0, 0.05) is 12.6 Å². The van der Waals surface area contributed by atoms with Gasteiger partial charge in [0.2, 0.25) is 0 Å². The predicted molar refractivity (Wildman–Crippen MR) is 67.1 cm³/mol. The van der Waals surface area contributed by atoms with Crippen molar-refractivity contribution in [1.82, 2.24) is 5.32 Å². The molecule has 1 heterocycles. The average Bonchev–Trinajstić information content (AvgIpc) is 2.72. The first-order valence-electron chi connectivity index (χ1n) is 6.60. The standard InChI is InChI=1S/C13H25NO3/c1-9(2)4-5-10(3)14-8-11-6-7-12(17-11)13(15)16/h9-12,14H,4-8H2,1-3H3,(H,15,16). The lowest BCUT2D eigenvalue weighted by atomic mass is 10.0. The number of hydrogen-bond acceptors (Lipinski definition) is 3. The summed E-state index contributed by atoms with van der Waals surface area (Å²) in [5, 5.41) is 12.2. The topological polar surface area (TPSA) is 58.6 Å². The average molecular weight is 243 g/mol. The Morgan fingerprint density at radius 2 is 2.06 bits per heavy atom. The van der Waals surface area contributed by atoms with Crippen molar-refractivity contribution in [3.8, 4) is 0 Å². The fourth-order valence-electron chi connectivity index (χ4n) is 2.06. The van der Waals surface area contributed by atoms with Gasteiger partial charge in [0.05, 0.1) is 6.10 Å². The maximum atomic E-state index is 10.7. The van der Waals surface area contributed by atoms with Crippen LogP contribution in [0.1, 0.15) is 46.5 Å². The Bertz CT molecular complexity index is 243. The lowest BCUT2D eigenvalue weighted by molar-refractivity contribution is -0.149. The van der Waals surface area contributed by atoms with E-state index in [2.05, 4.69) is 26.1 Å². The molecule has 3 unspecified atom stereocenters. The Hall–Kier alpha value is -0.610. The molecule has 0 aromatic heterocycles. The van der Waals surface area contributed by atoms with Crippen molar-refractivity contribution in [3.63, 3.8) is 0 Å². The Morgan fingerprint density at radius 1 is 1.35 bits per heavy atom. The summed E-state index contributed by atoms with van der Waals surface area (Å²) in [7, 11) is 0. The van der Waals surface area contributed by atoms with E-state index in [0.29, 0.717) is 12.5 Å². The van der Waals surface area contributed by atoms with Crippen molar-refractivity contribution in [1.29, 1.82) is 0 Å². The molecule has 1 saturated heterocycles. The largest absolute Gasteiger partial charge is 0.479 e. The number of carboxylic acid groups (broad SMARTS) is 1. The van der Waals surface area contributed by atoms with Gasteiger partial charge in [0.1, 0.15) is 0 Å². The predicted octanol–water partition coefficient (Wildman–Crippen LogP) is 2.03. The van der Waals surface area contributed by atoms with Crippen molar-refractivity contribution in [2.75, 3.05) is 6.54 Å². The number of hydrogen-bond donors (Lipinski definition) is 2. The summed E-state index contributed by atoms with van der Waals surface area (Å²) in [5.41, 5.74) is 0. The minimum atomic E-state index is -0.833. The first-order valence-corrected chi connectivity index (χ1v) is 6.60. The van der Waals surface area contributed by atoms with E-state index in [1.165, 1.54) is 6.42 Å².